The molecule has 0 radical (unpaired) electrons. The first kappa shape index (κ1) is 8.52. The standard InChI is InChI=1S/C8H15N/c1-3-5-6-7-8-9-4-2/h9H,4,6-8H2,1-2H3. The van der Waals surface area contributed by atoms with Crippen LogP contribution in [0.2, 0.25) is 0 Å². The van der Waals surface area contributed by atoms with Crippen LogP contribution in [0.3, 0.4) is 0 Å². The molecule has 0 aliphatic rings. The summed E-state index contributed by atoms with van der Waals surface area (Å²) in [5, 5.41) is 3.24. The normalized spacial score (nSPS) is 8.22. The molecule has 0 atom stereocenters. The molecule has 0 aromatic rings. The third kappa shape index (κ3) is 7.52. The second-order valence-corrected chi connectivity index (χ2v) is 1.88. The third-order valence-electron chi connectivity index (χ3n) is 1.08. The van der Waals surface area contributed by atoms with E-state index in [1.807, 2.05) is 6.92 Å². The second-order valence-electron chi connectivity index (χ2n) is 1.88. The van der Waals surface area contributed by atoms with Gasteiger partial charge in [0.15, 0.2) is 0 Å². The first-order valence-corrected chi connectivity index (χ1v) is 3.52. The Balaban J connectivity index is 2.80. The molecule has 0 saturated heterocycles. The van der Waals surface area contributed by atoms with Gasteiger partial charge in [0, 0.05) is 6.42 Å². The minimum Gasteiger partial charge on any atom is -0.317 e. The van der Waals surface area contributed by atoms with E-state index < -0.39 is 0 Å². The Morgan fingerprint density at radius 2 is 2.22 bits per heavy atom. The Morgan fingerprint density at radius 1 is 1.44 bits per heavy atom. The average Bonchev–Trinajstić information content (AvgIpc) is 1.89. The lowest BCUT2D eigenvalue weighted by molar-refractivity contribution is 0.684. The van der Waals surface area contributed by atoms with Crippen molar-refractivity contribution in [2.75, 3.05) is 13.1 Å². The minimum absolute atomic E-state index is 1.03. The summed E-state index contributed by atoms with van der Waals surface area (Å²) in [6.07, 6.45) is 2.21. The number of hydrogen-bond donors (Lipinski definition) is 1. The van der Waals surface area contributed by atoms with Gasteiger partial charge >= 0.3 is 0 Å². The van der Waals surface area contributed by atoms with E-state index in [0.29, 0.717) is 0 Å². The highest BCUT2D eigenvalue weighted by molar-refractivity contribution is 4.94. The molecule has 0 heterocycles. The zero-order valence-electron chi connectivity index (χ0n) is 6.33. The molecular formula is C8H15N. The Morgan fingerprint density at radius 3 is 2.78 bits per heavy atom. The van der Waals surface area contributed by atoms with Crippen molar-refractivity contribution in [1.29, 1.82) is 0 Å². The van der Waals surface area contributed by atoms with Gasteiger partial charge in [0.1, 0.15) is 0 Å². The lowest BCUT2D eigenvalue weighted by atomic mass is 10.3. The molecule has 0 bridgehead atoms. The lowest BCUT2D eigenvalue weighted by Crippen LogP contribution is -2.13. The zero-order valence-corrected chi connectivity index (χ0v) is 6.33. The van der Waals surface area contributed by atoms with Gasteiger partial charge in [-0.2, -0.15) is 0 Å². The predicted molar refractivity (Wildman–Crippen MR) is 41.2 cm³/mol. The Labute approximate surface area is 57.8 Å². The van der Waals surface area contributed by atoms with E-state index in [0.717, 1.165) is 19.5 Å². The van der Waals surface area contributed by atoms with Crippen molar-refractivity contribution in [2.45, 2.75) is 26.7 Å². The highest BCUT2D eigenvalue weighted by Crippen LogP contribution is 1.82. The van der Waals surface area contributed by atoms with E-state index >= 15 is 0 Å². The van der Waals surface area contributed by atoms with Gasteiger partial charge < -0.3 is 5.32 Å². The van der Waals surface area contributed by atoms with E-state index in [4.69, 9.17) is 0 Å². The SMILES string of the molecule is CC#CCCCNCC. The van der Waals surface area contributed by atoms with Crippen LogP contribution < -0.4 is 5.32 Å². The van der Waals surface area contributed by atoms with Gasteiger partial charge in [0.05, 0.1) is 0 Å². The molecule has 1 N–H and O–H groups in total. The molecule has 1 heteroatoms. The maximum Gasteiger partial charge on any atom is 0.0101 e. The summed E-state index contributed by atoms with van der Waals surface area (Å²) >= 11 is 0. The maximum absolute atomic E-state index is 3.24. The Kier molecular flexibility index (Phi) is 7.12. The first-order valence-electron chi connectivity index (χ1n) is 3.52. The highest BCUT2D eigenvalue weighted by atomic mass is 14.8. The molecule has 0 amide bonds. The second kappa shape index (κ2) is 7.52. The fourth-order valence-corrected chi connectivity index (χ4v) is 0.604. The molecule has 0 aromatic carbocycles. The molecule has 9 heavy (non-hydrogen) atoms. The summed E-state index contributed by atoms with van der Waals surface area (Å²) < 4.78 is 0. The molecule has 0 fully saturated rings. The molecule has 1 nitrogen and oxygen atoms in total. The summed E-state index contributed by atoms with van der Waals surface area (Å²) in [5.41, 5.74) is 0. The largest absolute Gasteiger partial charge is 0.317 e. The van der Waals surface area contributed by atoms with Gasteiger partial charge in [-0.3, -0.25) is 0 Å². The number of hydrogen-bond acceptors (Lipinski definition) is 1. The minimum atomic E-state index is 1.03. The smallest absolute Gasteiger partial charge is 0.0101 e. The van der Waals surface area contributed by atoms with Crippen LogP contribution in [0.4, 0.5) is 0 Å². The van der Waals surface area contributed by atoms with Gasteiger partial charge in [-0.15, -0.1) is 11.8 Å². The van der Waals surface area contributed by atoms with E-state index in [1.165, 1.54) is 6.42 Å². The molecule has 0 rings (SSSR count). The van der Waals surface area contributed by atoms with Gasteiger partial charge in [0.2, 0.25) is 0 Å². The Bertz CT molecular complexity index is 96.9. The van der Waals surface area contributed by atoms with Gasteiger partial charge in [-0.05, 0) is 26.4 Å². The topological polar surface area (TPSA) is 12.0 Å². The fraction of sp³-hybridized carbons (Fsp3) is 0.750. The van der Waals surface area contributed by atoms with Crippen LogP contribution in [0.25, 0.3) is 0 Å². The van der Waals surface area contributed by atoms with Gasteiger partial charge in [0.25, 0.3) is 0 Å². The van der Waals surface area contributed by atoms with Crippen LogP contribution in [0, 0.1) is 11.8 Å². The molecule has 0 aliphatic carbocycles. The number of unbranched alkanes of at least 4 members (excludes halogenated alkanes) is 1. The van der Waals surface area contributed by atoms with Crippen molar-refractivity contribution in [2.24, 2.45) is 0 Å². The molecule has 0 spiro atoms. The summed E-state index contributed by atoms with van der Waals surface area (Å²) in [7, 11) is 0. The number of nitrogens with one attached hydrogen (secondary N) is 1. The third-order valence-corrected chi connectivity index (χ3v) is 1.08. The van der Waals surface area contributed by atoms with E-state index in [2.05, 4.69) is 24.1 Å². The zero-order chi connectivity index (χ0) is 6.95. The van der Waals surface area contributed by atoms with Crippen molar-refractivity contribution in [3.05, 3.63) is 0 Å². The summed E-state index contributed by atoms with van der Waals surface area (Å²) in [6, 6.07) is 0. The fourth-order valence-electron chi connectivity index (χ4n) is 0.604. The highest BCUT2D eigenvalue weighted by Gasteiger charge is 1.80. The van der Waals surface area contributed by atoms with Gasteiger partial charge in [-0.1, -0.05) is 6.92 Å². The van der Waals surface area contributed by atoms with Crippen molar-refractivity contribution in [1.82, 2.24) is 5.32 Å². The molecule has 0 saturated carbocycles. The monoisotopic (exact) mass is 125 g/mol. The molecule has 0 aliphatic heterocycles. The van der Waals surface area contributed by atoms with Crippen LogP contribution in [0.15, 0.2) is 0 Å². The predicted octanol–water partition coefficient (Wildman–Crippen LogP) is 1.40. The van der Waals surface area contributed by atoms with Gasteiger partial charge in [-0.25, -0.2) is 0 Å². The van der Waals surface area contributed by atoms with E-state index in [-0.39, 0.29) is 0 Å². The molecule has 0 aromatic heterocycles. The van der Waals surface area contributed by atoms with Crippen molar-refractivity contribution < 1.29 is 0 Å². The van der Waals surface area contributed by atoms with E-state index in [1.54, 1.807) is 0 Å². The van der Waals surface area contributed by atoms with Crippen LogP contribution in [-0.4, -0.2) is 13.1 Å². The van der Waals surface area contributed by atoms with Crippen LogP contribution in [0.1, 0.15) is 26.7 Å². The van der Waals surface area contributed by atoms with Crippen molar-refractivity contribution in [3.8, 4) is 11.8 Å². The molecule has 0 unspecified atom stereocenters. The van der Waals surface area contributed by atoms with E-state index in [9.17, 15) is 0 Å². The lowest BCUT2D eigenvalue weighted by Gasteiger charge is -1.95. The summed E-state index contributed by atoms with van der Waals surface area (Å²) in [5.74, 6) is 5.88. The van der Waals surface area contributed by atoms with Crippen LogP contribution in [0.5, 0.6) is 0 Å². The average molecular weight is 125 g/mol. The summed E-state index contributed by atoms with van der Waals surface area (Å²) in [6.45, 7) is 6.17. The molecule has 52 valence electrons. The van der Waals surface area contributed by atoms with Crippen LogP contribution >= 0.6 is 0 Å². The van der Waals surface area contributed by atoms with Crippen molar-refractivity contribution in [3.63, 3.8) is 0 Å². The first-order chi connectivity index (χ1) is 4.41. The maximum atomic E-state index is 3.24. The Hall–Kier alpha value is -0.480. The van der Waals surface area contributed by atoms with Crippen molar-refractivity contribution >= 4 is 0 Å². The molecular weight excluding hydrogens is 110 g/mol. The number of rotatable bonds is 4. The van der Waals surface area contributed by atoms with Crippen LogP contribution in [-0.2, 0) is 0 Å². The quantitative estimate of drug-likeness (QED) is 0.442. The summed E-state index contributed by atoms with van der Waals surface area (Å²) in [4.78, 5) is 0.